The van der Waals surface area contributed by atoms with Gasteiger partial charge in [0.25, 0.3) is 0 Å². The molecule has 2 aliphatic carbocycles. The summed E-state index contributed by atoms with van der Waals surface area (Å²) in [6.45, 7) is 0. The first-order chi connectivity index (χ1) is 6.20. The quantitative estimate of drug-likeness (QED) is 0.415. The number of fused-ring (bicyclic) bond motifs is 5. The Bertz CT molecular complexity index is 383. The van der Waals surface area contributed by atoms with Gasteiger partial charge in [0.05, 0.1) is 0 Å². The van der Waals surface area contributed by atoms with Gasteiger partial charge >= 0.3 is 0 Å². The van der Waals surface area contributed by atoms with E-state index < -0.39 is 0 Å². The molecule has 1 heterocycles. The third-order valence-electron chi connectivity index (χ3n) is 3.00. The number of rotatable bonds is 0. The van der Waals surface area contributed by atoms with Crippen LogP contribution in [0.3, 0.4) is 0 Å². The van der Waals surface area contributed by atoms with E-state index in [0.717, 1.165) is 6.42 Å². The van der Waals surface area contributed by atoms with Crippen LogP contribution in [0.1, 0.15) is 29.4 Å². The van der Waals surface area contributed by atoms with E-state index >= 15 is 0 Å². The van der Waals surface area contributed by atoms with Gasteiger partial charge in [-0.05, 0) is 6.42 Å². The summed E-state index contributed by atoms with van der Waals surface area (Å²) in [5, 5.41) is 28.2. The smallest absolute Gasteiger partial charge is 0.233 e. The van der Waals surface area contributed by atoms with E-state index in [-0.39, 0.29) is 23.6 Å². The third-order valence-corrected chi connectivity index (χ3v) is 3.00. The third kappa shape index (κ3) is 0.589. The van der Waals surface area contributed by atoms with Crippen molar-refractivity contribution < 1.29 is 15.4 Å². The van der Waals surface area contributed by atoms with Crippen molar-refractivity contribution >= 4 is 0 Å². The van der Waals surface area contributed by atoms with Crippen LogP contribution in [0.25, 0.3) is 0 Å². The van der Waals surface area contributed by atoms with Gasteiger partial charge in [-0.25, -0.2) is 0 Å². The Morgan fingerprint density at radius 2 is 1.54 bits per heavy atom. The Hall–Kier alpha value is -1.58. The van der Waals surface area contributed by atoms with Crippen LogP contribution >= 0.6 is 0 Å². The molecule has 3 rings (SSSR count). The first-order valence-corrected chi connectivity index (χ1v) is 4.24. The Kier molecular flexibility index (Phi) is 0.974. The van der Waals surface area contributed by atoms with E-state index in [1.807, 2.05) is 12.2 Å². The van der Waals surface area contributed by atoms with Gasteiger partial charge in [0, 0.05) is 23.0 Å². The molecule has 0 fully saturated rings. The van der Waals surface area contributed by atoms with E-state index in [1.165, 1.54) is 0 Å². The van der Waals surface area contributed by atoms with Gasteiger partial charge in [-0.1, -0.05) is 12.2 Å². The van der Waals surface area contributed by atoms with Crippen LogP contribution in [0.4, 0.5) is 0 Å². The first-order valence-electron chi connectivity index (χ1n) is 4.24. The fourth-order valence-corrected chi connectivity index (χ4v) is 2.43. The summed E-state index contributed by atoms with van der Waals surface area (Å²) in [6.07, 6.45) is 4.92. The van der Waals surface area contributed by atoms with Crippen LogP contribution in [-0.4, -0.2) is 20.2 Å². The molecule has 4 heteroatoms. The van der Waals surface area contributed by atoms with Crippen LogP contribution in [0, 0.1) is 0 Å². The van der Waals surface area contributed by atoms with E-state index in [0.29, 0.717) is 15.9 Å². The second-order valence-electron chi connectivity index (χ2n) is 3.62. The summed E-state index contributed by atoms with van der Waals surface area (Å²) in [6, 6.07) is 0. The highest BCUT2D eigenvalue weighted by atomic mass is 16.5. The molecule has 68 valence electrons. The average molecular weight is 179 g/mol. The average Bonchev–Trinajstić information content (AvgIpc) is 2.76. The van der Waals surface area contributed by atoms with Gasteiger partial charge in [-0.2, -0.15) is 0 Å². The monoisotopic (exact) mass is 179 g/mol. The molecule has 2 atom stereocenters. The SMILES string of the molecule is Oc1c2c(c(O)n1O)[C@H]1C=C[C@@H]2C1. The number of aromatic nitrogens is 1. The Balaban J connectivity index is 2.34. The largest absolute Gasteiger partial charge is 0.492 e. The predicted molar refractivity (Wildman–Crippen MR) is 44.2 cm³/mol. The molecule has 0 aromatic carbocycles. The van der Waals surface area contributed by atoms with Crippen molar-refractivity contribution in [2.24, 2.45) is 0 Å². The molecule has 0 amide bonds. The molecule has 1 aromatic rings. The molecule has 3 N–H and O–H groups in total. The van der Waals surface area contributed by atoms with Crippen molar-refractivity contribution in [3.05, 3.63) is 23.3 Å². The van der Waals surface area contributed by atoms with Crippen molar-refractivity contribution in [2.45, 2.75) is 18.3 Å². The number of hydrogen-bond acceptors (Lipinski definition) is 3. The highest BCUT2D eigenvalue weighted by molar-refractivity contribution is 5.58. The van der Waals surface area contributed by atoms with E-state index in [1.54, 1.807) is 0 Å². The van der Waals surface area contributed by atoms with Crippen LogP contribution in [0.2, 0.25) is 0 Å². The highest BCUT2D eigenvalue weighted by Crippen LogP contribution is 2.55. The minimum absolute atomic E-state index is 0.166. The maximum atomic E-state index is 9.48. The number of aromatic hydroxyl groups is 2. The molecule has 13 heavy (non-hydrogen) atoms. The highest BCUT2D eigenvalue weighted by Gasteiger charge is 2.41. The second kappa shape index (κ2) is 1.84. The van der Waals surface area contributed by atoms with Crippen molar-refractivity contribution in [1.29, 1.82) is 0 Å². The molecule has 1 aromatic heterocycles. The van der Waals surface area contributed by atoms with Crippen LogP contribution in [-0.2, 0) is 0 Å². The van der Waals surface area contributed by atoms with E-state index in [2.05, 4.69) is 0 Å². The van der Waals surface area contributed by atoms with Crippen molar-refractivity contribution in [2.75, 3.05) is 0 Å². The zero-order chi connectivity index (χ0) is 9.16. The maximum Gasteiger partial charge on any atom is 0.233 e. The molecular formula is C9H9NO3. The predicted octanol–water partition coefficient (Wildman–Crippen LogP) is 1.28. The Morgan fingerprint density at radius 3 is 2.00 bits per heavy atom. The Morgan fingerprint density at radius 1 is 1.08 bits per heavy atom. The summed E-state index contributed by atoms with van der Waals surface area (Å²) in [4.78, 5) is 0. The minimum atomic E-state index is -0.218. The number of hydrogen-bond donors (Lipinski definition) is 3. The summed E-state index contributed by atoms with van der Waals surface area (Å²) in [5.74, 6) is -0.104. The van der Waals surface area contributed by atoms with Gasteiger partial charge in [0.1, 0.15) is 0 Å². The topological polar surface area (TPSA) is 65.6 Å². The Labute approximate surface area is 74.3 Å². The molecule has 2 aliphatic rings. The van der Waals surface area contributed by atoms with E-state index in [9.17, 15) is 15.4 Å². The van der Waals surface area contributed by atoms with Crippen LogP contribution in [0.5, 0.6) is 11.8 Å². The van der Waals surface area contributed by atoms with Gasteiger partial charge < -0.3 is 15.4 Å². The zero-order valence-electron chi connectivity index (χ0n) is 6.81. The molecule has 0 unspecified atom stereocenters. The fraction of sp³-hybridized carbons (Fsp3) is 0.333. The number of nitrogens with zero attached hydrogens (tertiary/aromatic N) is 1. The van der Waals surface area contributed by atoms with Gasteiger partial charge in [-0.3, -0.25) is 0 Å². The molecular weight excluding hydrogens is 170 g/mol. The van der Waals surface area contributed by atoms with Crippen LogP contribution in [0.15, 0.2) is 12.2 Å². The summed E-state index contributed by atoms with van der Waals surface area (Å²) in [5.41, 5.74) is 1.38. The zero-order valence-corrected chi connectivity index (χ0v) is 6.81. The molecule has 0 saturated heterocycles. The lowest BCUT2D eigenvalue weighted by molar-refractivity contribution is 0.128. The van der Waals surface area contributed by atoms with Gasteiger partial charge in [0.15, 0.2) is 0 Å². The molecule has 0 saturated carbocycles. The maximum absolute atomic E-state index is 9.48. The van der Waals surface area contributed by atoms with Gasteiger partial charge in [0.2, 0.25) is 11.8 Å². The minimum Gasteiger partial charge on any atom is -0.492 e. The molecule has 0 aliphatic heterocycles. The first kappa shape index (κ1) is 6.88. The lowest BCUT2D eigenvalue weighted by Crippen LogP contribution is -1.91. The standard InChI is InChI=1S/C9H9NO3/c11-8-6-4-1-2-5(3-4)7(6)9(12)10(8)13/h1-2,4-5,11-13H,3H2/t4-,5+. The van der Waals surface area contributed by atoms with Crippen LogP contribution < -0.4 is 0 Å². The lowest BCUT2D eigenvalue weighted by Gasteiger charge is -2.02. The van der Waals surface area contributed by atoms with Crippen molar-refractivity contribution in [1.82, 2.24) is 4.73 Å². The lowest BCUT2D eigenvalue weighted by atomic mass is 10.0. The summed E-state index contributed by atoms with van der Waals surface area (Å²) < 4.78 is 0.455. The van der Waals surface area contributed by atoms with Gasteiger partial charge in [-0.15, -0.1) is 4.73 Å². The molecule has 0 spiro atoms. The second-order valence-corrected chi connectivity index (χ2v) is 3.62. The summed E-state index contributed by atoms with van der Waals surface area (Å²) in [7, 11) is 0. The van der Waals surface area contributed by atoms with E-state index in [4.69, 9.17) is 0 Å². The van der Waals surface area contributed by atoms with Crippen molar-refractivity contribution in [3.63, 3.8) is 0 Å². The van der Waals surface area contributed by atoms with Crippen molar-refractivity contribution in [3.8, 4) is 11.8 Å². The number of allylic oxidation sites excluding steroid dienone is 2. The molecule has 2 bridgehead atoms. The fourth-order valence-electron chi connectivity index (χ4n) is 2.43. The molecule has 0 radical (unpaired) electrons. The normalized spacial score (nSPS) is 28.3. The summed E-state index contributed by atoms with van der Waals surface area (Å²) >= 11 is 0. The molecule has 4 nitrogen and oxygen atoms in total.